The van der Waals surface area contributed by atoms with Gasteiger partial charge in [-0.2, -0.15) is 5.10 Å². The van der Waals surface area contributed by atoms with Crippen LogP contribution in [0.5, 0.6) is 0 Å². The minimum atomic E-state index is -0.300. The summed E-state index contributed by atoms with van der Waals surface area (Å²) in [7, 11) is 0. The number of thiazole rings is 1. The third kappa shape index (κ3) is 3.29. The molecule has 0 fully saturated rings. The number of nitrogens with zero attached hydrogens (tertiary/aromatic N) is 3. The van der Waals surface area contributed by atoms with Crippen molar-refractivity contribution in [2.75, 3.05) is 0 Å². The van der Waals surface area contributed by atoms with Crippen molar-refractivity contribution in [1.29, 1.82) is 0 Å². The molecule has 114 valence electrons. The zero-order chi connectivity index (χ0) is 15.6. The molecule has 0 saturated carbocycles. The van der Waals surface area contributed by atoms with Crippen LogP contribution in [0.3, 0.4) is 0 Å². The second-order valence-corrected chi connectivity index (χ2v) is 6.15. The van der Waals surface area contributed by atoms with Gasteiger partial charge < -0.3 is 5.32 Å². The number of hydrogen-bond donors (Lipinski definition) is 1. The van der Waals surface area contributed by atoms with Crippen LogP contribution in [0.25, 0.3) is 10.2 Å². The Balaban J connectivity index is 2.35. The average Bonchev–Trinajstić information content (AvgIpc) is 2.89. The molecule has 2 rings (SSSR count). The summed E-state index contributed by atoms with van der Waals surface area (Å²) < 4.78 is 2.02. The van der Waals surface area contributed by atoms with Gasteiger partial charge in [0.15, 0.2) is 5.52 Å². The molecule has 0 aliphatic rings. The molecule has 0 spiro atoms. The highest BCUT2D eigenvalue weighted by molar-refractivity contribution is 7.18. The smallest absolute Gasteiger partial charge is 0.294 e. The lowest BCUT2D eigenvalue weighted by atomic mass is 10.2. The van der Waals surface area contributed by atoms with E-state index in [4.69, 9.17) is 0 Å². The van der Waals surface area contributed by atoms with Gasteiger partial charge in [-0.05, 0) is 26.7 Å². The Hall–Kier alpha value is -1.76. The molecular weight excluding hydrogens is 288 g/mol. The van der Waals surface area contributed by atoms with Gasteiger partial charge in [0.1, 0.15) is 6.54 Å². The monoisotopic (exact) mass is 308 g/mol. The minimum absolute atomic E-state index is 0.0705. The molecule has 0 unspecified atom stereocenters. The predicted molar refractivity (Wildman–Crippen MR) is 83.7 cm³/mol. The number of amides is 1. The molecule has 2 aromatic rings. The van der Waals surface area contributed by atoms with Crippen LogP contribution < -0.4 is 10.9 Å². The average molecular weight is 308 g/mol. The van der Waals surface area contributed by atoms with Crippen LogP contribution in [-0.2, 0) is 17.8 Å². The molecule has 21 heavy (non-hydrogen) atoms. The van der Waals surface area contributed by atoms with Crippen LogP contribution in [0.4, 0.5) is 0 Å². The fraction of sp³-hybridized carbons (Fsp3) is 0.571. The van der Waals surface area contributed by atoms with Crippen molar-refractivity contribution < 1.29 is 4.79 Å². The largest absolute Gasteiger partial charge is 0.352 e. The number of aryl methyl sites for hydroxylation is 2. The van der Waals surface area contributed by atoms with E-state index in [9.17, 15) is 9.59 Å². The van der Waals surface area contributed by atoms with E-state index in [0.29, 0.717) is 5.52 Å². The first-order valence-electron chi connectivity index (χ1n) is 7.12. The molecule has 0 aromatic carbocycles. The lowest BCUT2D eigenvalue weighted by Crippen LogP contribution is -2.38. The highest BCUT2D eigenvalue weighted by Gasteiger charge is 2.15. The number of carbonyl (C=O) groups excluding carboxylic acids is 1. The van der Waals surface area contributed by atoms with E-state index in [1.165, 1.54) is 16.0 Å². The summed E-state index contributed by atoms with van der Waals surface area (Å²) in [5.41, 5.74) is 0.852. The van der Waals surface area contributed by atoms with Gasteiger partial charge in [-0.25, -0.2) is 9.67 Å². The molecule has 1 atom stereocenters. The third-order valence-corrected chi connectivity index (χ3v) is 4.63. The van der Waals surface area contributed by atoms with Crippen molar-refractivity contribution in [1.82, 2.24) is 20.1 Å². The Bertz CT molecular complexity index is 720. The predicted octanol–water partition coefficient (Wildman–Crippen LogP) is 1.64. The van der Waals surface area contributed by atoms with Crippen LogP contribution in [-0.4, -0.2) is 26.7 Å². The number of carbonyl (C=O) groups is 1. The number of hydrogen-bond acceptors (Lipinski definition) is 5. The maximum Gasteiger partial charge on any atom is 0.294 e. The molecule has 1 amide bonds. The third-order valence-electron chi connectivity index (χ3n) is 3.32. The molecule has 6 nitrogen and oxygen atoms in total. The van der Waals surface area contributed by atoms with Crippen LogP contribution in [0.1, 0.15) is 37.9 Å². The SMILES string of the molecule is CCc1nc2c(=O)n(CC(=O)N[C@H](C)CC)nc(C)c2s1. The number of nitrogens with one attached hydrogen (secondary N) is 1. The molecule has 0 saturated heterocycles. The summed E-state index contributed by atoms with van der Waals surface area (Å²) in [4.78, 5) is 28.6. The first-order valence-corrected chi connectivity index (χ1v) is 7.94. The molecule has 0 aliphatic heterocycles. The zero-order valence-electron chi connectivity index (χ0n) is 12.8. The van der Waals surface area contributed by atoms with Crippen molar-refractivity contribution in [3.8, 4) is 0 Å². The molecule has 0 radical (unpaired) electrons. The van der Waals surface area contributed by atoms with Crippen molar-refractivity contribution in [3.05, 3.63) is 21.1 Å². The Labute approximate surface area is 127 Å². The number of aromatic nitrogens is 3. The van der Waals surface area contributed by atoms with E-state index < -0.39 is 0 Å². The number of fused-ring (bicyclic) bond motifs is 1. The molecule has 0 aliphatic carbocycles. The summed E-state index contributed by atoms with van der Waals surface area (Å²) in [5, 5.41) is 7.98. The Morgan fingerprint density at radius 2 is 2.14 bits per heavy atom. The van der Waals surface area contributed by atoms with E-state index in [1.807, 2.05) is 27.7 Å². The second-order valence-electron chi connectivity index (χ2n) is 5.06. The quantitative estimate of drug-likeness (QED) is 0.911. The Morgan fingerprint density at radius 1 is 1.43 bits per heavy atom. The topological polar surface area (TPSA) is 76.9 Å². The second kappa shape index (κ2) is 6.34. The van der Waals surface area contributed by atoms with Gasteiger partial charge in [0, 0.05) is 6.04 Å². The van der Waals surface area contributed by atoms with E-state index >= 15 is 0 Å². The lowest BCUT2D eigenvalue weighted by Gasteiger charge is -2.12. The van der Waals surface area contributed by atoms with E-state index in [1.54, 1.807) is 0 Å². The van der Waals surface area contributed by atoms with Gasteiger partial charge >= 0.3 is 0 Å². The van der Waals surface area contributed by atoms with Crippen LogP contribution >= 0.6 is 11.3 Å². The summed E-state index contributed by atoms with van der Waals surface area (Å²) in [5.74, 6) is -0.205. The molecule has 2 aromatic heterocycles. The highest BCUT2D eigenvalue weighted by atomic mass is 32.1. The minimum Gasteiger partial charge on any atom is -0.352 e. The molecule has 1 N–H and O–H groups in total. The standard InChI is InChI=1S/C14H20N4O2S/c1-5-8(3)15-10(19)7-18-14(20)12-13(9(4)17-18)21-11(6-2)16-12/h8H,5-7H2,1-4H3,(H,15,19)/t8-/m1/s1. The van der Waals surface area contributed by atoms with Gasteiger partial charge in [-0.3, -0.25) is 9.59 Å². The summed E-state index contributed by atoms with van der Waals surface area (Å²) >= 11 is 1.49. The molecule has 2 heterocycles. The van der Waals surface area contributed by atoms with E-state index in [0.717, 1.165) is 28.2 Å². The number of rotatable bonds is 5. The van der Waals surface area contributed by atoms with Gasteiger partial charge in [0.2, 0.25) is 5.91 Å². The Kier molecular flexibility index (Phi) is 4.72. The maximum absolute atomic E-state index is 12.4. The molecule has 0 bridgehead atoms. The zero-order valence-corrected chi connectivity index (χ0v) is 13.6. The van der Waals surface area contributed by atoms with Crippen molar-refractivity contribution in [3.63, 3.8) is 0 Å². The summed E-state index contributed by atoms with van der Waals surface area (Å²) in [6.45, 7) is 7.68. The normalized spacial score (nSPS) is 12.6. The summed E-state index contributed by atoms with van der Waals surface area (Å²) in [6, 6.07) is 0.0870. The molecular formula is C14H20N4O2S. The van der Waals surface area contributed by atoms with Crippen LogP contribution in [0.15, 0.2) is 4.79 Å². The first kappa shape index (κ1) is 15.6. The fourth-order valence-electron chi connectivity index (χ4n) is 1.97. The van der Waals surface area contributed by atoms with Crippen LogP contribution in [0, 0.1) is 6.92 Å². The van der Waals surface area contributed by atoms with Gasteiger partial charge in [0.25, 0.3) is 5.56 Å². The summed E-state index contributed by atoms with van der Waals surface area (Å²) in [6.07, 6.45) is 1.63. The molecule has 7 heteroatoms. The van der Waals surface area contributed by atoms with Gasteiger partial charge in [0.05, 0.1) is 15.4 Å². The van der Waals surface area contributed by atoms with Crippen LogP contribution in [0.2, 0.25) is 0 Å². The van der Waals surface area contributed by atoms with Gasteiger partial charge in [-0.1, -0.05) is 13.8 Å². The Morgan fingerprint density at radius 3 is 2.76 bits per heavy atom. The maximum atomic E-state index is 12.4. The van der Waals surface area contributed by atoms with Gasteiger partial charge in [-0.15, -0.1) is 11.3 Å². The van der Waals surface area contributed by atoms with E-state index in [2.05, 4.69) is 15.4 Å². The van der Waals surface area contributed by atoms with Crippen molar-refractivity contribution in [2.24, 2.45) is 0 Å². The van der Waals surface area contributed by atoms with Crippen molar-refractivity contribution >= 4 is 27.5 Å². The first-order chi connectivity index (χ1) is 9.96. The highest BCUT2D eigenvalue weighted by Crippen LogP contribution is 2.21. The fourth-order valence-corrected chi connectivity index (χ4v) is 2.90. The van der Waals surface area contributed by atoms with Crippen molar-refractivity contribution in [2.45, 2.75) is 53.1 Å². The van der Waals surface area contributed by atoms with E-state index in [-0.39, 0.29) is 24.1 Å². The lowest BCUT2D eigenvalue weighted by molar-refractivity contribution is -0.122.